The summed E-state index contributed by atoms with van der Waals surface area (Å²) in [6, 6.07) is 19.2. The van der Waals surface area contributed by atoms with Crippen molar-refractivity contribution in [1.29, 1.82) is 0 Å². The molecule has 0 radical (unpaired) electrons. The maximum absolute atomic E-state index is 16.9. The van der Waals surface area contributed by atoms with Crippen molar-refractivity contribution < 1.29 is 23.6 Å². The number of amides is 4. The predicted octanol–water partition coefficient (Wildman–Crippen LogP) is 5.59. The van der Waals surface area contributed by atoms with Crippen LogP contribution in [0.25, 0.3) is 33.1 Å². The van der Waals surface area contributed by atoms with Gasteiger partial charge in [-0.15, -0.1) is 0 Å². The third kappa shape index (κ3) is 8.42. The number of carbonyl (C=O) groups excluding carboxylic acids is 4. The Morgan fingerprint density at radius 1 is 0.848 bits per heavy atom. The molecule has 0 saturated carbocycles. The predicted molar refractivity (Wildman–Crippen MR) is 250 cm³/mol. The van der Waals surface area contributed by atoms with Gasteiger partial charge in [-0.1, -0.05) is 24.3 Å². The smallest absolute Gasteiger partial charge is 0.329 e. The zero-order chi connectivity index (χ0) is 45.5. The lowest BCUT2D eigenvalue weighted by Gasteiger charge is -2.36. The number of piperidine rings is 3. The molecule has 4 fully saturated rings. The van der Waals surface area contributed by atoms with Crippen LogP contribution in [0.3, 0.4) is 0 Å². The van der Waals surface area contributed by atoms with Crippen LogP contribution in [0.15, 0.2) is 77.9 Å². The lowest BCUT2D eigenvalue weighted by molar-refractivity contribution is -0.136. The second-order valence-corrected chi connectivity index (χ2v) is 18.4. The van der Waals surface area contributed by atoms with Gasteiger partial charge < -0.3 is 19.7 Å². The van der Waals surface area contributed by atoms with E-state index in [1.54, 1.807) is 22.5 Å². The van der Waals surface area contributed by atoms with Gasteiger partial charge >= 0.3 is 5.69 Å². The molecular weight excluding hydrogens is 840 g/mol. The highest BCUT2D eigenvalue weighted by Gasteiger charge is 2.33. The van der Waals surface area contributed by atoms with E-state index in [9.17, 15) is 24.0 Å². The minimum Gasteiger partial charge on any atom is -0.369 e. The van der Waals surface area contributed by atoms with E-state index in [1.165, 1.54) is 4.57 Å². The van der Waals surface area contributed by atoms with Crippen LogP contribution >= 0.6 is 0 Å². The number of H-pyrrole nitrogens is 1. The van der Waals surface area contributed by atoms with Crippen molar-refractivity contribution >= 4 is 51.3 Å². The monoisotopic (exact) mass is 896 g/mol. The van der Waals surface area contributed by atoms with E-state index >= 15 is 4.39 Å². The fraction of sp³-hybridized carbons (Fsp3) is 0.440. The molecule has 4 amide bonds. The first kappa shape index (κ1) is 43.3. The maximum atomic E-state index is 16.9. The van der Waals surface area contributed by atoms with Gasteiger partial charge in [-0.25, -0.2) is 9.18 Å². The average Bonchev–Trinajstić information content (AvgIpc) is 4.10. The molecule has 2 N–H and O–H groups in total. The summed E-state index contributed by atoms with van der Waals surface area (Å²) in [4.78, 5) is 76.9. The van der Waals surface area contributed by atoms with Gasteiger partial charge in [0, 0.05) is 115 Å². The Bertz CT molecular complexity index is 2850. The normalized spacial score (nSPS) is 19.8. The molecule has 344 valence electrons. The minimum atomic E-state index is -0.720. The molecule has 15 nitrogen and oxygen atoms in total. The maximum Gasteiger partial charge on any atom is 0.329 e. The van der Waals surface area contributed by atoms with Gasteiger partial charge in [0.2, 0.25) is 17.7 Å². The second kappa shape index (κ2) is 18.4. The number of piperazine rings is 1. The van der Waals surface area contributed by atoms with Crippen LogP contribution in [-0.2, 0) is 34.4 Å². The molecule has 0 bridgehead atoms. The Balaban J connectivity index is 0.850. The quantitative estimate of drug-likeness (QED) is 0.160. The molecule has 4 aliphatic rings. The lowest BCUT2D eigenvalue weighted by Crippen LogP contribution is -2.47. The standard InChI is InChI=1S/C50H57FN10O5/c1-55-47-34(8-5-10-41(47)61(50(55)66)42-15-16-43(62)54-48(42)64)17-24-56-26-28-57(29-27-56)36-13-11-33(12-14-36)37-30-38(35-9-6-22-59(32-35)44(63)18-25-60-23-7-19-52-60)45(51)46-39(37)31-40(53-46)49(65)58-20-3-2-4-21-58/h5,7-8,10-14,19,23,30-31,35,42,53H,2-4,6,9,15-18,20-22,24-29,32H2,1H3,(H,54,62,64)/t35-,42?/m0/s1. The molecule has 7 heterocycles. The molecule has 16 heteroatoms. The van der Waals surface area contributed by atoms with Gasteiger partial charge in [0.05, 0.1) is 16.6 Å². The number of anilines is 1. The number of imide groups is 1. The number of nitrogens with one attached hydrogen (secondary N) is 2. The number of rotatable bonds is 11. The topological polar surface area (TPSA) is 154 Å². The van der Waals surface area contributed by atoms with Crippen LogP contribution in [0.5, 0.6) is 0 Å². The fourth-order valence-electron chi connectivity index (χ4n) is 10.8. The number of benzene rings is 3. The van der Waals surface area contributed by atoms with Gasteiger partial charge in [-0.2, -0.15) is 5.10 Å². The average molecular weight is 897 g/mol. The number of halogens is 1. The largest absolute Gasteiger partial charge is 0.369 e. The van der Waals surface area contributed by atoms with Crippen LogP contribution in [-0.4, -0.2) is 121 Å². The van der Waals surface area contributed by atoms with Crippen molar-refractivity contribution in [1.82, 2.24) is 43.9 Å². The number of aryl methyl sites for hydroxylation is 2. The third-order valence-electron chi connectivity index (χ3n) is 14.4. The van der Waals surface area contributed by atoms with E-state index in [2.05, 4.69) is 49.5 Å². The summed E-state index contributed by atoms with van der Waals surface area (Å²) in [7, 11) is 1.74. The number of carbonyl (C=O) groups is 4. The molecule has 6 aromatic rings. The zero-order valence-corrected chi connectivity index (χ0v) is 37.5. The summed E-state index contributed by atoms with van der Waals surface area (Å²) in [6.45, 7) is 7.13. The Morgan fingerprint density at radius 2 is 1.64 bits per heavy atom. The van der Waals surface area contributed by atoms with Gasteiger partial charge in [-0.3, -0.25) is 43.2 Å². The van der Waals surface area contributed by atoms with Gasteiger partial charge in [0.15, 0.2) is 5.82 Å². The first-order chi connectivity index (χ1) is 32.1. The SMILES string of the molecule is Cn1c(=O)n(C2CCC(=O)NC2=O)c2cccc(CCN3CCN(c4ccc(-c5cc([C@H]6CCCN(C(=O)CCn7cccn7)C6)c(F)c6[nH]c(C(=O)N7CCCCC7)cc56)cc4)CC3)c21. The van der Waals surface area contributed by atoms with Crippen molar-refractivity contribution in [2.75, 3.05) is 63.8 Å². The van der Waals surface area contributed by atoms with Crippen molar-refractivity contribution in [2.45, 2.75) is 76.3 Å². The lowest BCUT2D eigenvalue weighted by atomic mass is 9.87. The van der Waals surface area contributed by atoms with E-state index in [0.29, 0.717) is 73.2 Å². The summed E-state index contributed by atoms with van der Waals surface area (Å²) < 4.78 is 21.8. The fourth-order valence-corrected chi connectivity index (χ4v) is 10.8. The van der Waals surface area contributed by atoms with Crippen LogP contribution in [0, 0.1) is 5.82 Å². The number of imidazole rings is 1. The van der Waals surface area contributed by atoms with Crippen molar-refractivity contribution in [3.63, 3.8) is 0 Å². The van der Waals surface area contributed by atoms with Gasteiger partial charge in [0.25, 0.3) is 5.91 Å². The summed E-state index contributed by atoms with van der Waals surface area (Å²) in [5, 5.41) is 7.29. The highest BCUT2D eigenvalue weighted by Crippen LogP contribution is 2.39. The van der Waals surface area contributed by atoms with Crippen molar-refractivity contribution in [3.05, 3.63) is 106 Å². The van der Waals surface area contributed by atoms with E-state index in [4.69, 9.17) is 0 Å². The first-order valence-electron chi connectivity index (χ1n) is 23.6. The van der Waals surface area contributed by atoms with Crippen molar-refractivity contribution in [3.8, 4) is 11.1 Å². The summed E-state index contributed by atoms with van der Waals surface area (Å²) in [5.74, 6) is -1.38. The number of para-hydroxylation sites is 1. The van der Waals surface area contributed by atoms with E-state index in [1.807, 2.05) is 52.4 Å². The number of hydrogen-bond acceptors (Lipinski definition) is 8. The third-order valence-corrected chi connectivity index (χ3v) is 14.4. The molecule has 4 saturated heterocycles. The van der Waals surface area contributed by atoms with E-state index < -0.39 is 11.9 Å². The van der Waals surface area contributed by atoms with Gasteiger partial charge in [-0.05, 0) is 104 Å². The number of hydrogen-bond donors (Lipinski definition) is 2. The number of aromatic amines is 1. The number of nitrogens with zero attached hydrogens (tertiary/aromatic N) is 8. The molecule has 10 rings (SSSR count). The van der Waals surface area contributed by atoms with E-state index in [-0.39, 0.29) is 41.6 Å². The Morgan fingerprint density at radius 3 is 2.39 bits per heavy atom. The first-order valence-corrected chi connectivity index (χ1v) is 23.6. The summed E-state index contributed by atoms with van der Waals surface area (Å²) >= 11 is 0. The van der Waals surface area contributed by atoms with Crippen LogP contribution in [0.1, 0.15) is 84.9 Å². The molecule has 3 aromatic carbocycles. The second-order valence-electron chi connectivity index (χ2n) is 18.4. The Hall–Kier alpha value is -6.55. The number of likely N-dealkylation sites (tertiary alicyclic amines) is 2. The summed E-state index contributed by atoms with van der Waals surface area (Å²) in [5.41, 5.74) is 6.45. The molecule has 3 aromatic heterocycles. The minimum absolute atomic E-state index is 0.0348. The molecule has 0 aliphatic carbocycles. The van der Waals surface area contributed by atoms with Crippen LogP contribution in [0.2, 0.25) is 0 Å². The van der Waals surface area contributed by atoms with Crippen molar-refractivity contribution in [2.24, 2.45) is 7.05 Å². The van der Waals surface area contributed by atoms with Crippen LogP contribution < -0.4 is 15.9 Å². The number of aromatic nitrogens is 5. The Labute approximate surface area is 382 Å². The molecular formula is C50H57FN10O5. The highest BCUT2D eigenvalue weighted by atomic mass is 19.1. The summed E-state index contributed by atoms with van der Waals surface area (Å²) in [6.07, 6.45) is 9.65. The molecule has 2 atom stereocenters. The van der Waals surface area contributed by atoms with Gasteiger partial charge in [0.1, 0.15) is 11.7 Å². The molecule has 4 aliphatic heterocycles. The Kier molecular flexibility index (Phi) is 12.1. The van der Waals surface area contributed by atoms with E-state index in [0.717, 1.165) is 99.1 Å². The molecule has 66 heavy (non-hydrogen) atoms. The molecule has 0 spiro atoms. The van der Waals surface area contributed by atoms with Crippen LogP contribution in [0.4, 0.5) is 10.1 Å². The highest BCUT2D eigenvalue weighted by molar-refractivity contribution is 6.04. The number of fused-ring (bicyclic) bond motifs is 2. The zero-order valence-electron chi connectivity index (χ0n) is 37.5. The molecule has 1 unspecified atom stereocenters.